The largest absolute Gasteiger partial charge is 0.314 e. The minimum Gasteiger partial charge on any atom is -0.314 e. The molecule has 0 bridgehead atoms. The van der Waals surface area contributed by atoms with E-state index in [1.807, 2.05) is 6.07 Å². The highest BCUT2D eigenvalue weighted by atomic mass is 79.9. The third-order valence-electron chi connectivity index (χ3n) is 2.86. The van der Waals surface area contributed by atoms with Gasteiger partial charge in [0.25, 0.3) is 0 Å². The first-order valence-corrected chi connectivity index (χ1v) is 6.93. The van der Waals surface area contributed by atoms with Crippen LogP contribution in [0.25, 0.3) is 0 Å². The van der Waals surface area contributed by atoms with Gasteiger partial charge in [0.1, 0.15) is 5.82 Å². The van der Waals surface area contributed by atoms with Gasteiger partial charge in [0.2, 0.25) is 0 Å². The van der Waals surface area contributed by atoms with Gasteiger partial charge >= 0.3 is 0 Å². The molecule has 0 aromatic heterocycles. The molecule has 0 heterocycles. The molecular formula is C13H18BrFN2. The van der Waals surface area contributed by atoms with Crippen LogP contribution in [0.2, 0.25) is 0 Å². The van der Waals surface area contributed by atoms with Crippen molar-refractivity contribution >= 4 is 15.9 Å². The van der Waals surface area contributed by atoms with Crippen LogP contribution in [-0.4, -0.2) is 19.1 Å². The molecule has 2 nitrogen and oxygen atoms in total. The fourth-order valence-corrected chi connectivity index (χ4v) is 2.12. The Morgan fingerprint density at radius 1 is 1.29 bits per heavy atom. The Labute approximate surface area is 110 Å². The summed E-state index contributed by atoms with van der Waals surface area (Å²) in [5.74, 6) is -0.142. The van der Waals surface area contributed by atoms with Gasteiger partial charge in [0, 0.05) is 22.6 Å². The van der Waals surface area contributed by atoms with Gasteiger partial charge in [0.05, 0.1) is 0 Å². The summed E-state index contributed by atoms with van der Waals surface area (Å²) in [6.45, 7) is 2.57. The van der Waals surface area contributed by atoms with E-state index < -0.39 is 0 Å². The lowest BCUT2D eigenvalue weighted by Crippen LogP contribution is -2.23. The normalized spacial score (nSPS) is 15.2. The fourth-order valence-electron chi connectivity index (χ4n) is 1.71. The van der Waals surface area contributed by atoms with Crippen LogP contribution in [0.4, 0.5) is 4.39 Å². The van der Waals surface area contributed by atoms with Crippen molar-refractivity contribution < 1.29 is 4.39 Å². The lowest BCUT2D eigenvalue weighted by Gasteiger charge is -2.07. The van der Waals surface area contributed by atoms with Gasteiger partial charge in [-0.05, 0) is 50.6 Å². The van der Waals surface area contributed by atoms with Crippen molar-refractivity contribution in [3.05, 3.63) is 34.1 Å². The van der Waals surface area contributed by atoms with Crippen LogP contribution in [0.1, 0.15) is 24.8 Å². The molecule has 1 aromatic carbocycles. The summed E-state index contributed by atoms with van der Waals surface area (Å²) < 4.78 is 14.3. The molecule has 0 unspecified atom stereocenters. The predicted molar refractivity (Wildman–Crippen MR) is 71.4 cm³/mol. The summed E-state index contributed by atoms with van der Waals surface area (Å²) >= 11 is 3.35. The van der Waals surface area contributed by atoms with Crippen LogP contribution in [0.3, 0.4) is 0 Å². The third-order valence-corrected chi connectivity index (χ3v) is 3.36. The van der Waals surface area contributed by atoms with E-state index in [2.05, 4.69) is 26.6 Å². The molecule has 0 aliphatic heterocycles. The molecule has 0 radical (unpaired) electrons. The lowest BCUT2D eigenvalue weighted by atomic mass is 10.2. The molecule has 0 atom stereocenters. The molecule has 1 aliphatic rings. The molecule has 2 N–H and O–H groups in total. The maximum Gasteiger partial charge on any atom is 0.127 e. The SMILES string of the molecule is Fc1ccc(Br)cc1CNCCCNC1CC1. The molecule has 2 rings (SSSR count). The Morgan fingerprint density at radius 3 is 2.88 bits per heavy atom. The molecule has 0 saturated heterocycles. The van der Waals surface area contributed by atoms with Crippen molar-refractivity contribution in [1.82, 2.24) is 10.6 Å². The zero-order valence-electron chi connectivity index (χ0n) is 9.81. The zero-order chi connectivity index (χ0) is 12.1. The van der Waals surface area contributed by atoms with Crippen molar-refractivity contribution in [3.63, 3.8) is 0 Å². The number of hydrogen-bond donors (Lipinski definition) is 2. The van der Waals surface area contributed by atoms with E-state index in [0.717, 1.165) is 35.6 Å². The second-order valence-corrected chi connectivity index (χ2v) is 5.41. The predicted octanol–water partition coefficient (Wildman–Crippen LogP) is 2.82. The van der Waals surface area contributed by atoms with Crippen molar-refractivity contribution in [1.29, 1.82) is 0 Å². The van der Waals surface area contributed by atoms with Gasteiger partial charge < -0.3 is 10.6 Å². The molecule has 0 amide bonds. The molecule has 0 spiro atoms. The summed E-state index contributed by atoms with van der Waals surface area (Å²) in [6, 6.07) is 5.82. The average molecular weight is 301 g/mol. The first kappa shape index (κ1) is 13.0. The van der Waals surface area contributed by atoms with E-state index in [0.29, 0.717) is 6.54 Å². The number of nitrogens with one attached hydrogen (secondary N) is 2. The van der Waals surface area contributed by atoms with E-state index in [1.54, 1.807) is 6.07 Å². The average Bonchev–Trinajstić information content (AvgIpc) is 3.11. The number of hydrogen-bond acceptors (Lipinski definition) is 2. The van der Waals surface area contributed by atoms with E-state index in [4.69, 9.17) is 0 Å². The van der Waals surface area contributed by atoms with Gasteiger partial charge in [0.15, 0.2) is 0 Å². The second kappa shape index (κ2) is 6.47. The quantitative estimate of drug-likeness (QED) is 0.757. The minimum atomic E-state index is -0.142. The monoisotopic (exact) mass is 300 g/mol. The first-order valence-electron chi connectivity index (χ1n) is 6.14. The number of rotatable bonds is 7. The number of halogens is 2. The maximum absolute atomic E-state index is 13.4. The highest BCUT2D eigenvalue weighted by molar-refractivity contribution is 9.10. The van der Waals surface area contributed by atoms with Gasteiger partial charge in [-0.25, -0.2) is 4.39 Å². The molecule has 1 saturated carbocycles. The summed E-state index contributed by atoms with van der Waals surface area (Å²) in [6.07, 6.45) is 3.75. The number of benzene rings is 1. The Hall–Kier alpha value is -0.450. The molecule has 17 heavy (non-hydrogen) atoms. The lowest BCUT2D eigenvalue weighted by molar-refractivity contribution is 0.566. The van der Waals surface area contributed by atoms with Gasteiger partial charge in [-0.2, -0.15) is 0 Å². The van der Waals surface area contributed by atoms with E-state index in [9.17, 15) is 4.39 Å². The molecule has 1 aromatic rings. The molecule has 1 fully saturated rings. The third kappa shape index (κ3) is 4.74. The molecule has 1 aliphatic carbocycles. The van der Waals surface area contributed by atoms with Gasteiger partial charge in [-0.3, -0.25) is 0 Å². The van der Waals surface area contributed by atoms with Crippen molar-refractivity contribution in [2.75, 3.05) is 13.1 Å². The topological polar surface area (TPSA) is 24.1 Å². The van der Waals surface area contributed by atoms with Crippen LogP contribution in [-0.2, 0) is 6.54 Å². The van der Waals surface area contributed by atoms with Crippen LogP contribution in [0.15, 0.2) is 22.7 Å². The van der Waals surface area contributed by atoms with Crippen LogP contribution in [0.5, 0.6) is 0 Å². The highest BCUT2D eigenvalue weighted by Crippen LogP contribution is 2.18. The smallest absolute Gasteiger partial charge is 0.127 e. The Kier molecular flexibility index (Phi) is 4.95. The van der Waals surface area contributed by atoms with Crippen LogP contribution < -0.4 is 10.6 Å². The van der Waals surface area contributed by atoms with Crippen molar-refractivity contribution in [3.8, 4) is 0 Å². The Bertz CT molecular complexity index is 366. The van der Waals surface area contributed by atoms with Crippen molar-refractivity contribution in [2.45, 2.75) is 31.8 Å². The Balaban J connectivity index is 1.61. The summed E-state index contributed by atoms with van der Waals surface area (Å²) in [7, 11) is 0. The summed E-state index contributed by atoms with van der Waals surface area (Å²) in [4.78, 5) is 0. The van der Waals surface area contributed by atoms with E-state index >= 15 is 0 Å². The zero-order valence-corrected chi connectivity index (χ0v) is 11.4. The molecular weight excluding hydrogens is 283 g/mol. The van der Waals surface area contributed by atoms with E-state index in [1.165, 1.54) is 18.9 Å². The van der Waals surface area contributed by atoms with E-state index in [-0.39, 0.29) is 5.82 Å². The summed E-state index contributed by atoms with van der Waals surface area (Å²) in [5.41, 5.74) is 0.717. The van der Waals surface area contributed by atoms with Crippen LogP contribution >= 0.6 is 15.9 Å². The Morgan fingerprint density at radius 2 is 2.12 bits per heavy atom. The summed E-state index contributed by atoms with van der Waals surface area (Å²) in [5, 5.41) is 6.72. The van der Waals surface area contributed by atoms with Crippen LogP contribution in [0, 0.1) is 5.82 Å². The maximum atomic E-state index is 13.4. The fraction of sp³-hybridized carbons (Fsp3) is 0.538. The second-order valence-electron chi connectivity index (χ2n) is 4.49. The van der Waals surface area contributed by atoms with Gasteiger partial charge in [-0.1, -0.05) is 15.9 Å². The minimum absolute atomic E-state index is 0.142. The first-order chi connectivity index (χ1) is 8.25. The molecule has 4 heteroatoms. The molecule has 94 valence electrons. The van der Waals surface area contributed by atoms with Gasteiger partial charge in [-0.15, -0.1) is 0 Å². The van der Waals surface area contributed by atoms with Crippen molar-refractivity contribution in [2.24, 2.45) is 0 Å². The standard InChI is InChI=1S/C13H18BrFN2/c14-11-2-5-13(15)10(8-11)9-16-6-1-7-17-12-3-4-12/h2,5,8,12,16-17H,1,3-4,6-7,9H2. The highest BCUT2D eigenvalue weighted by Gasteiger charge is 2.19.